The molecule has 70 valence electrons. The van der Waals surface area contributed by atoms with E-state index in [4.69, 9.17) is 0 Å². The average Bonchev–Trinajstić information content (AvgIpc) is 2.85. The molecule has 0 N–H and O–H groups in total. The fourth-order valence-corrected chi connectivity index (χ4v) is 0.642. The zero-order valence-electron chi connectivity index (χ0n) is 7.03. The smallest absolute Gasteiger partial charge is 0.172 e. The van der Waals surface area contributed by atoms with E-state index in [9.17, 15) is 0 Å². The fraction of sp³-hybridized carbons (Fsp3) is 0. The Kier molecular flexibility index (Phi) is 13.7. The Bertz CT molecular complexity index is 165. The third-order valence-electron chi connectivity index (χ3n) is 1.11. The molecule has 0 aromatic heterocycles. The molecule has 3 heteroatoms. The zero-order valence-corrected chi connectivity index (χ0v) is 12.9. The molecule has 0 radical (unpaired) electrons. The normalized spacial score (nSPS) is 7.23. The van der Waals surface area contributed by atoms with E-state index in [1.165, 1.54) is 0 Å². The van der Waals surface area contributed by atoms with Crippen LogP contribution < -0.4 is 0 Å². The Morgan fingerprint density at radius 1 is 0.692 bits per heavy atom. The number of halogens is 2. The van der Waals surface area contributed by atoms with Crippen molar-refractivity contribution in [2.75, 3.05) is 0 Å². The van der Waals surface area contributed by atoms with E-state index in [1.54, 1.807) is 0 Å². The summed E-state index contributed by atoms with van der Waals surface area (Å²) in [5, 5.41) is 0. The van der Waals surface area contributed by atoms with E-state index in [0.29, 0.717) is 11.7 Å². The van der Waals surface area contributed by atoms with Crippen LogP contribution in [-0.4, -0.2) is 0 Å². The van der Waals surface area contributed by atoms with Crippen LogP contribution in [0.25, 0.3) is 0 Å². The van der Waals surface area contributed by atoms with Crippen LogP contribution in [0.1, 0.15) is 0 Å². The summed E-state index contributed by atoms with van der Waals surface area (Å²) in [6.45, 7) is 0. The van der Waals surface area contributed by atoms with Crippen molar-refractivity contribution < 1.29 is 11.7 Å². The van der Waals surface area contributed by atoms with Crippen LogP contribution in [0.15, 0.2) is 60.7 Å². The van der Waals surface area contributed by atoms with Crippen molar-refractivity contribution in [2.24, 2.45) is 0 Å². The van der Waals surface area contributed by atoms with Gasteiger partial charge >= 0.3 is 50.0 Å². The predicted molar refractivity (Wildman–Crippen MR) is 72.1 cm³/mol. The molecule has 0 spiro atoms. The van der Waals surface area contributed by atoms with E-state index in [0.717, 1.165) is 0 Å². The van der Waals surface area contributed by atoms with Crippen molar-refractivity contribution in [3.05, 3.63) is 60.7 Å². The summed E-state index contributed by atoms with van der Waals surface area (Å²) in [5.74, 6) is 0. The molecule has 0 fully saturated rings. The molecule has 0 atom stereocenters. The molecule has 0 nitrogen and oxygen atoms in total. The summed E-state index contributed by atoms with van der Waals surface area (Å²) >= 11 is 5.24. The first-order valence-corrected chi connectivity index (χ1v) is 13.8. The summed E-state index contributed by atoms with van der Waals surface area (Å²) in [5.41, 5.74) is 0. The molecule has 0 heterocycles. The second kappa shape index (κ2) is 12.9. The van der Waals surface area contributed by atoms with Gasteiger partial charge in [-0.25, -0.2) is 24.3 Å². The molecule has 2 rings (SSSR count). The van der Waals surface area contributed by atoms with Gasteiger partial charge in [0.25, 0.3) is 0 Å². The molecule has 13 heavy (non-hydrogen) atoms. The summed E-state index contributed by atoms with van der Waals surface area (Å²) in [6, 6.07) is 20.0. The number of hydrogen-bond donors (Lipinski definition) is 0. The average molecular weight is 432 g/mol. The maximum absolute atomic E-state index is 2.40. The largest absolute Gasteiger partial charge is 0.214 e. The van der Waals surface area contributed by atoms with Crippen molar-refractivity contribution in [3.8, 4) is 0 Å². The minimum absolute atomic E-state index is 0.440. The van der Waals surface area contributed by atoms with Gasteiger partial charge in [-0.15, -0.1) is 0 Å². The Balaban J connectivity index is 0.000000174. The SMILES string of the molecule is [I][Ti][I].c1cc[cH-]c1.c1cc[cH-]c1. The zero-order chi connectivity index (χ0) is 9.78. The third-order valence-corrected chi connectivity index (χ3v) is 1.11. The van der Waals surface area contributed by atoms with Gasteiger partial charge in [0, 0.05) is 0 Å². The fourth-order valence-electron chi connectivity index (χ4n) is 0.642. The van der Waals surface area contributed by atoms with Gasteiger partial charge in [0.1, 0.15) is 0 Å². The van der Waals surface area contributed by atoms with E-state index in [2.05, 4.69) is 38.4 Å². The quantitative estimate of drug-likeness (QED) is 0.325. The van der Waals surface area contributed by atoms with Crippen LogP contribution in [0, 0.1) is 0 Å². The first-order chi connectivity index (χ1) is 6.41. The van der Waals surface area contributed by atoms with Crippen LogP contribution in [0.3, 0.4) is 0 Å². The predicted octanol–water partition coefficient (Wildman–Crippen LogP) is 4.58. The van der Waals surface area contributed by atoms with Crippen molar-refractivity contribution >= 4 is 38.4 Å². The topological polar surface area (TPSA) is 0 Å². The molecular formula is C10H10I2Ti-2. The molecule has 0 aliphatic carbocycles. The minimum Gasteiger partial charge on any atom is -0.214 e. The Hall–Kier alpha value is 0.874. The van der Waals surface area contributed by atoms with E-state index in [1.807, 2.05) is 60.7 Å². The van der Waals surface area contributed by atoms with E-state index in [-0.39, 0.29) is 0 Å². The van der Waals surface area contributed by atoms with Gasteiger partial charge in [0.15, 0.2) is 0 Å². The number of rotatable bonds is 0. The minimum atomic E-state index is 0.440. The second-order valence-corrected chi connectivity index (χ2v) is 15.2. The van der Waals surface area contributed by atoms with Crippen LogP contribution in [0.4, 0.5) is 0 Å². The summed E-state index contributed by atoms with van der Waals surface area (Å²) in [7, 11) is 0. The van der Waals surface area contributed by atoms with E-state index >= 15 is 0 Å². The van der Waals surface area contributed by atoms with E-state index < -0.39 is 0 Å². The molecular weight excluding hydrogens is 422 g/mol. The Morgan fingerprint density at radius 3 is 1.00 bits per heavy atom. The molecule has 0 unspecified atom stereocenters. The molecule has 0 amide bonds. The van der Waals surface area contributed by atoms with Crippen LogP contribution in [-0.2, 0) is 11.7 Å². The molecule has 2 aromatic rings. The van der Waals surface area contributed by atoms with Gasteiger partial charge in [0.2, 0.25) is 0 Å². The molecule has 0 saturated heterocycles. The monoisotopic (exact) mass is 432 g/mol. The summed E-state index contributed by atoms with van der Waals surface area (Å²) < 4.78 is 0. The van der Waals surface area contributed by atoms with Gasteiger partial charge in [-0.1, -0.05) is 0 Å². The molecule has 2 aromatic carbocycles. The number of hydrogen-bond acceptors (Lipinski definition) is 0. The molecule has 0 bridgehead atoms. The Labute approximate surface area is 109 Å². The Morgan fingerprint density at radius 2 is 0.923 bits per heavy atom. The first kappa shape index (κ1) is 13.9. The molecule has 0 aliphatic heterocycles. The molecule has 0 saturated carbocycles. The van der Waals surface area contributed by atoms with Crippen molar-refractivity contribution in [2.45, 2.75) is 0 Å². The van der Waals surface area contributed by atoms with Gasteiger partial charge in [-0.3, -0.25) is 0 Å². The first-order valence-electron chi connectivity index (χ1n) is 3.71. The van der Waals surface area contributed by atoms with Crippen molar-refractivity contribution in [1.29, 1.82) is 0 Å². The van der Waals surface area contributed by atoms with Crippen molar-refractivity contribution in [1.82, 2.24) is 0 Å². The second-order valence-electron chi connectivity index (χ2n) is 2.00. The maximum atomic E-state index is 2.40. The standard InChI is InChI=1S/2C5H5.2HI.Ti/c2*1-2-4-5-3-1;;;/h2*1-5H;2*1H;/q2*-1;;;+2/p-2. The maximum Gasteiger partial charge on any atom is -0.172 e. The summed E-state index contributed by atoms with van der Waals surface area (Å²) in [4.78, 5) is 0. The van der Waals surface area contributed by atoms with Gasteiger partial charge in [0.05, 0.1) is 0 Å². The van der Waals surface area contributed by atoms with Gasteiger partial charge < -0.3 is 0 Å². The van der Waals surface area contributed by atoms with Crippen LogP contribution >= 0.6 is 38.4 Å². The summed E-state index contributed by atoms with van der Waals surface area (Å²) in [6.07, 6.45) is 0. The van der Waals surface area contributed by atoms with Crippen LogP contribution in [0.5, 0.6) is 0 Å². The van der Waals surface area contributed by atoms with Gasteiger partial charge in [-0.05, 0) is 0 Å². The van der Waals surface area contributed by atoms with Crippen molar-refractivity contribution in [3.63, 3.8) is 0 Å². The van der Waals surface area contributed by atoms with Crippen LogP contribution in [0.2, 0.25) is 0 Å². The molecule has 0 aliphatic rings. The third kappa shape index (κ3) is 12.9. The van der Waals surface area contributed by atoms with Gasteiger partial charge in [-0.2, -0.15) is 36.4 Å².